The molecule has 0 aromatic rings. The first kappa shape index (κ1) is 15.8. The van der Waals surface area contributed by atoms with Crippen LogP contribution >= 0.6 is 0 Å². The first-order chi connectivity index (χ1) is 9.64. The summed E-state index contributed by atoms with van der Waals surface area (Å²) in [5.74, 6) is 1.38. The molecule has 20 heavy (non-hydrogen) atoms. The Morgan fingerprint density at radius 2 is 1.65 bits per heavy atom. The Bertz CT molecular complexity index is 307. The summed E-state index contributed by atoms with van der Waals surface area (Å²) in [5.41, 5.74) is 6.24. The van der Waals surface area contributed by atoms with Gasteiger partial charge in [0.15, 0.2) is 0 Å². The van der Waals surface area contributed by atoms with Crippen molar-refractivity contribution in [3.8, 4) is 0 Å². The van der Waals surface area contributed by atoms with Crippen molar-refractivity contribution >= 4 is 5.91 Å². The van der Waals surface area contributed by atoms with Crippen LogP contribution in [0.25, 0.3) is 0 Å². The average molecular weight is 280 g/mol. The predicted octanol–water partition coefficient (Wildman–Crippen LogP) is 3.18. The number of carbonyl (C=O) groups excluding carboxylic acids is 1. The number of rotatable bonds is 4. The van der Waals surface area contributed by atoms with Crippen LogP contribution in [0.5, 0.6) is 0 Å². The van der Waals surface area contributed by atoms with E-state index in [1.165, 1.54) is 25.7 Å². The molecule has 2 aliphatic rings. The van der Waals surface area contributed by atoms with E-state index in [0.29, 0.717) is 17.2 Å². The summed E-state index contributed by atoms with van der Waals surface area (Å²) < 4.78 is 0. The molecule has 0 radical (unpaired) electrons. The van der Waals surface area contributed by atoms with Crippen LogP contribution in [0.2, 0.25) is 0 Å². The number of amides is 1. The van der Waals surface area contributed by atoms with E-state index in [-0.39, 0.29) is 5.92 Å². The minimum atomic E-state index is 0.286. The third-order valence-electron chi connectivity index (χ3n) is 6.17. The van der Waals surface area contributed by atoms with Crippen molar-refractivity contribution in [3.05, 3.63) is 0 Å². The minimum absolute atomic E-state index is 0.286. The van der Waals surface area contributed by atoms with Gasteiger partial charge in [0, 0.05) is 19.0 Å². The molecule has 1 amide bonds. The van der Waals surface area contributed by atoms with E-state index in [1.54, 1.807) is 0 Å². The molecule has 3 heteroatoms. The lowest BCUT2D eigenvalue weighted by Gasteiger charge is -2.42. The van der Waals surface area contributed by atoms with Crippen LogP contribution in [0.1, 0.15) is 65.2 Å². The first-order valence-corrected chi connectivity index (χ1v) is 8.63. The van der Waals surface area contributed by atoms with E-state index in [0.717, 1.165) is 45.3 Å². The average Bonchev–Trinajstić information content (AvgIpc) is 2.54. The normalized spacial score (nSPS) is 30.2. The van der Waals surface area contributed by atoms with Gasteiger partial charge in [0.2, 0.25) is 5.91 Å². The Balaban J connectivity index is 1.83. The van der Waals surface area contributed by atoms with Crippen molar-refractivity contribution in [2.45, 2.75) is 65.2 Å². The zero-order chi connectivity index (χ0) is 14.6. The van der Waals surface area contributed by atoms with Gasteiger partial charge >= 0.3 is 0 Å². The highest BCUT2D eigenvalue weighted by Gasteiger charge is 2.35. The number of likely N-dealkylation sites (tertiary alicyclic amines) is 1. The van der Waals surface area contributed by atoms with Gasteiger partial charge in [0.25, 0.3) is 0 Å². The molecule has 1 aliphatic heterocycles. The Labute approximate surface area is 124 Å². The van der Waals surface area contributed by atoms with Gasteiger partial charge in [0.1, 0.15) is 0 Å². The molecule has 2 rings (SSSR count). The minimum Gasteiger partial charge on any atom is -0.342 e. The second-order valence-corrected chi connectivity index (χ2v) is 6.99. The molecule has 116 valence electrons. The van der Waals surface area contributed by atoms with E-state index < -0.39 is 0 Å². The second-order valence-electron chi connectivity index (χ2n) is 6.99. The highest BCUT2D eigenvalue weighted by Crippen LogP contribution is 2.39. The van der Waals surface area contributed by atoms with Gasteiger partial charge in [-0.25, -0.2) is 0 Å². The summed E-state index contributed by atoms with van der Waals surface area (Å²) in [6, 6.07) is 0. The fraction of sp³-hybridized carbons (Fsp3) is 0.941. The van der Waals surface area contributed by atoms with Crippen LogP contribution in [0.3, 0.4) is 0 Å². The highest BCUT2D eigenvalue weighted by atomic mass is 16.2. The Morgan fingerprint density at radius 1 is 1.10 bits per heavy atom. The summed E-state index contributed by atoms with van der Waals surface area (Å²) in [6.07, 6.45) is 9.32. The predicted molar refractivity (Wildman–Crippen MR) is 83.3 cm³/mol. The van der Waals surface area contributed by atoms with Crippen LogP contribution in [0.15, 0.2) is 0 Å². The zero-order valence-corrected chi connectivity index (χ0v) is 13.4. The van der Waals surface area contributed by atoms with Crippen LogP contribution in [0.4, 0.5) is 0 Å². The number of nitrogens with two attached hydrogens (primary N) is 1. The number of carbonyl (C=O) groups is 1. The molecule has 1 aliphatic carbocycles. The van der Waals surface area contributed by atoms with Crippen LogP contribution < -0.4 is 5.73 Å². The number of nitrogens with zero attached hydrogens (tertiary/aromatic N) is 1. The van der Waals surface area contributed by atoms with Gasteiger partial charge in [0.05, 0.1) is 0 Å². The first-order valence-electron chi connectivity index (χ1n) is 8.63. The molecule has 2 N–H and O–H groups in total. The fourth-order valence-electron chi connectivity index (χ4n) is 4.06. The smallest absolute Gasteiger partial charge is 0.225 e. The third kappa shape index (κ3) is 3.36. The zero-order valence-electron chi connectivity index (χ0n) is 13.4. The van der Waals surface area contributed by atoms with Crippen molar-refractivity contribution in [1.29, 1.82) is 0 Å². The van der Waals surface area contributed by atoms with Gasteiger partial charge in [-0.2, -0.15) is 0 Å². The van der Waals surface area contributed by atoms with Gasteiger partial charge in [-0.1, -0.05) is 26.7 Å². The molecule has 1 saturated heterocycles. The van der Waals surface area contributed by atoms with Crippen molar-refractivity contribution < 1.29 is 4.79 Å². The number of hydrogen-bond donors (Lipinski definition) is 1. The second kappa shape index (κ2) is 6.93. The largest absolute Gasteiger partial charge is 0.342 e. The molecule has 0 atom stereocenters. The van der Waals surface area contributed by atoms with Crippen LogP contribution in [0, 0.1) is 17.3 Å². The molecule has 2 fully saturated rings. The van der Waals surface area contributed by atoms with E-state index in [4.69, 9.17) is 5.73 Å². The summed E-state index contributed by atoms with van der Waals surface area (Å²) in [4.78, 5) is 14.8. The molecule has 1 heterocycles. The topological polar surface area (TPSA) is 46.3 Å². The fourth-order valence-corrected chi connectivity index (χ4v) is 4.06. The summed E-state index contributed by atoms with van der Waals surface area (Å²) in [6.45, 7) is 7.36. The van der Waals surface area contributed by atoms with Crippen LogP contribution in [-0.4, -0.2) is 30.4 Å². The Hall–Kier alpha value is -0.570. The van der Waals surface area contributed by atoms with E-state index in [1.807, 2.05) is 0 Å². The van der Waals surface area contributed by atoms with Crippen molar-refractivity contribution in [2.75, 3.05) is 19.6 Å². The van der Waals surface area contributed by atoms with Crippen molar-refractivity contribution in [3.63, 3.8) is 0 Å². The maximum atomic E-state index is 12.6. The molecule has 0 aromatic carbocycles. The molecular weight excluding hydrogens is 248 g/mol. The molecule has 1 saturated carbocycles. The van der Waals surface area contributed by atoms with Gasteiger partial charge in [-0.3, -0.25) is 4.79 Å². The molecule has 3 nitrogen and oxygen atoms in total. The Kier molecular flexibility index (Phi) is 5.48. The van der Waals surface area contributed by atoms with Crippen LogP contribution in [-0.2, 0) is 4.79 Å². The number of piperidine rings is 1. The molecule has 0 bridgehead atoms. The summed E-state index contributed by atoms with van der Waals surface area (Å²) in [5, 5.41) is 0. The number of hydrogen-bond acceptors (Lipinski definition) is 2. The molecular formula is C17H32N2O. The van der Waals surface area contributed by atoms with Crippen molar-refractivity contribution in [1.82, 2.24) is 4.90 Å². The van der Waals surface area contributed by atoms with E-state index in [9.17, 15) is 4.79 Å². The van der Waals surface area contributed by atoms with Crippen molar-refractivity contribution in [2.24, 2.45) is 23.0 Å². The standard InChI is InChI=1S/C17H32N2O/c1-3-17(4-2)9-11-19(12-10-17)16(20)15-7-5-14(13-18)6-8-15/h14-15H,3-13,18H2,1-2H3. The highest BCUT2D eigenvalue weighted by molar-refractivity contribution is 5.79. The third-order valence-corrected chi connectivity index (χ3v) is 6.17. The lowest BCUT2D eigenvalue weighted by atomic mass is 9.73. The molecule has 0 unspecified atom stereocenters. The SMILES string of the molecule is CCC1(CC)CCN(C(=O)C2CCC(CN)CC2)CC1. The summed E-state index contributed by atoms with van der Waals surface area (Å²) in [7, 11) is 0. The Morgan fingerprint density at radius 3 is 2.10 bits per heavy atom. The monoisotopic (exact) mass is 280 g/mol. The van der Waals surface area contributed by atoms with Gasteiger partial charge in [-0.15, -0.1) is 0 Å². The molecule has 0 spiro atoms. The quantitative estimate of drug-likeness (QED) is 0.859. The van der Waals surface area contributed by atoms with Gasteiger partial charge < -0.3 is 10.6 Å². The lowest BCUT2D eigenvalue weighted by Crippen LogP contribution is -2.45. The maximum absolute atomic E-state index is 12.6. The summed E-state index contributed by atoms with van der Waals surface area (Å²) >= 11 is 0. The lowest BCUT2D eigenvalue weighted by molar-refractivity contribution is -0.139. The van der Waals surface area contributed by atoms with E-state index in [2.05, 4.69) is 18.7 Å². The van der Waals surface area contributed by atoms with Gasteiger partial charge in [-0.05, 0) is 56.4 Å². The maximum Gasteiger partial charge on any atom is 0.225 e. The molecule has 0 aromatic heterocycles. The van der Waals surface area contributed by atoms with E-state index >= 15 is 0 Å².